The van der Waals surface area contributed by atoms with E-state index in [4.69, 9.17) is 11.5 Å². The number of fused-ring (bicyclic) bond motifs is 1. The average Bonchev–Trinajstić information content (AvgIpc) is 2.93. The number of nitrogen functional groups attached to an aromatic ring is 2. The minimum atomic E-state index is -0.0596. The van der Waals surface area contributed by atoms with Crippen molar-refractivity contribution in [2.75, 3.05) is 18.0 Å². The van der Waals surface area contributed by atoms with E-state index in [9.17, 15) is 4.79 Å². The molecule has 1 aliphatic heterocycles. The van der Waals surface area contributed by atoms with Crippen LogP contribution < -0.4 is 16.8 Å². The monoisotopic (exact) mass is 334 g/mol. The van der Waals surface area contributed by atoms with Gasteiger partial charge in [-0.1, -0.05) is 12.1 Å². The van der Waals surface area contributed by atoms with E-state index in [1.54, 1.807) is 6.20 Å². The van der Waals surface area contributed by atoms with Crippen molar-refractivity contribution in [1.82, 2.24) is 19.9 Å². The fraction of sp³-hybridized carbons (Fsp3) is 0.167. The van der Waals surface area contributed by atoms with Crippen LogP contribution in [0.3, 0.4) is 0 Å². The second-order valence-electron chi connectivity index (χ2n) is 6.07. The molecule has 1 amide bonds. The summed E-state index contributed by atoms with van der Waals surface area (Å²) in [6.45, 7) is 0.636. The van der Waals surface area contributed by atoms with Crippen LogP contribution in [0.4, 0.5) is 11.6 Å². The van der Waals surface area contributed by atoms with Crippen LogP contribution in [-0.4, -0.2) is 27.0 Å². The molecule has 0 spiro atoms. The lowest BCUT2D eigenvalue weighted by atomic mass is 10.0. The van der Waals surface area contributed by atoms with Crippen LogP contribution in [0, 0.1) is 0 Å². The van der Waals surface area contributed by atoms with E-state index in [1.807, 2.05) is 41.9 Å². The van der Waals surface area contributed by atoms with Gasteiger partial charge in [0.2, 0.25) is 5.95 Å². The summed E-state index contributed by atoms with van der Waals surface area (Å²) >= 11 is 0. The zero-order valence-electron chi connectivity index (χ0n) is 13.8. The summed E-state index contributed by atoms with van der Waals surface area (Å²) in [7, 11) is 1.94. The zero-order chi connectivity index (χ0) is 17.6. The summed E-state index contributed by atoms with van der Waals surface area (Å²) in [6, 6.07) is 9.39. The summed E-state index contributed by atoms with van der Waals surface area (Å²) in [5.41, 5.74) is 17.3. The van der Waals surface area contributed by atoms with Gasteiger partial charge in [-0.05, 0) is 23.8 Å². The summed E-state index contributed by atoms with van der Waals surface area (Å²) in [6.07, 6.45) is 2.48. The third-order valence-electron chi connectivity index (χ3n) is 4.50. The van der Waals surface area contributed by atoms with E-state index in [1.165, 1.54) is 0 Å². The third-order valence-corrected chi connectivity index (χ3v) is 4.50. The molecule has 0 unspecified atom stereocenters. The Kier molecular flexibility index (Phi) is 3.42. The van der Waals surface area contributed by atoms with Crippen molar-refractivity contribution in [1.29, 1.82) is 0 Å². The topological polar surface area (TPSA) is 112 Å². The van der Waals surface area contributed by atoms with Crippen LogP contribution in [0.25, 0.3) is 22.5 Å². The molecule has 4 rings (SSSR count). The Hall–Kier alpha value is -3.35. The average molecular weight is 334 g/mol. The van der Waals surface area contributed by atoms with Gasteiger partial charge in [-0.15, -0.1) is 0 Å². The molecular formula is C18H18N6O. The number of aromatic nitrogens is 3. The number of amides is 1. The molecule has 7 heteroatoms. The molecular weight excluding hydrogens is 316 g/mol. The van der Waals surface area contributed by atoms with E-state index in [2.05, 4.69) is 15.3 Å². The van der Waals surface area contributed by atoms with Crippen LogP contribution in [0.5, 0.6) is 0 Å². The summed E-state index contributed by atoms with van der Waals surface area (Å²) in [5, 5.41) is 2.87. The molecule has 5 N–H and O–H groups in total. The van der Waals surface area contributed by atoms with Gasteiger partial charge in [0.1, 0.15) is 5.69 Å². The van der Waals surface area contributed by atoms with Gasteiger partial charge in [0, 0.05) is 43.2 Å². The van der Waals surface area contributed by atoms with Crippen molar-refractivity contribution in [3.8, 4) is 22.5 Å². The lowest BCUT2D eigenvalue weighted by Crippen LogP contribution is -2.31. The van der Waals surface area contributed by atoms with E-state index in [0.29, 0.717) is 23.5 Å². The lowest BCUT2D eigenvalue weighted by Gasteiger charge is -2.15. The first-order chi connectivity index (χ1) is 12.0. The largest absolute Gasteiger partial charge is 0.399 e. The summed E-state index contributed by atoms with van der Waals surface area (Å²) in [4.78, 5) is 20.7. The van der Waals surface area contributed by atoms with Gasteiger partial charge in [0.05, 0.1) is 11.3 Å². The lowest BCUT2D eigenvalue weighted by molar-refractivity contribution is 0.0945. The van der Waals surface area contributed by atoms with Crippen LogP contribution in [0.2, 0.25) is 0 Å². The predicted molar refractivity (Wildman–Crippen MR) is 96.7 cm³/mol. The minimum absolute atomic E-state index is 0.0596. The van der Waals surface area contributed by atoms with E-state index in [0.717, 1.165) is 28.9 Å². The number of hydrogen-bond donors (Lipinski definition) is 3. The maximum absolute atomic E-state index is 12.2. The highest BCUT2D eigenvalue weighted by molar-refractivity contribution is 5.98. The molecule has 7 nitrogen and oxygen atoms in total. The number of nitrogens with one attached hydrogen (secondary N) is 1. The summed E-state index contributed by atoms with van der Waals surface area (Å²) in [5.74, 6) is 0.127. The smallest absolute Gasteiger partial charge is 0.253 e. The highest BCUT2D eigenvalue weighted by Gasteiger charge is 2.24. The van der Waals surface area contributed by atoms with Crippen LogP contribution in [0.15, 0.2) is 36.5 Å². The molecule has 0 saturated heterocycles. The van der Waals surface area contributed by atoms with Gasteiger partial charge in [-0.2, -0.15) is 0 Å². The molecule has 1 aliphatic rings. The van der Waals surface area contributed by atoms with Crippen LogP contribution in [-0.2, 0) is 13.5 Å². The number of nitrogens with two attached hydrogens (primary N) is 2. The first-order valence-electron chi connectivity index (χ1n) is 8.00. The fourth-order valence-electron chi connectivity index (χ4n) is 3.27. The Morgan fingerprint density at radius 3 is 2.80 bits per heavy atom. The van der Waals surface area contributed by atoms with Crippen molar-refractivity contribution < 1.29 is 4.79 Å². The molecule has 0 bridgehead atoms. The maximum Gasteiger partial charge on any atom is 0.253 e. The number of anilines is 2. The summed E-state index contributed by atoms with van der Waals surface area (Å²) < 4.78 is 2.01. The highest BCUT2D eigenvalue weighted by atomic mass is 16.1. The van der Waals surface area contributed by atoms with Gasteiger partial charge in [0.25, 0.3) is 5.91 Å². The van der Waals surface area contributed by atoms with Gasteiger partial charge in [0.15, 0.2) is 0 Å². The van der Waals surface area contributed by atoms with Crippen molar-refractivity contribution in [3.05, 3.63) is 47.8 Å². The number of rotatable bonds is 2. The number of nitrogens with zero attached hydrogens (tertiary/aromatic N) is 3. The van der Waals surface area contributed by atoms with E-state index < -0.39 is 0 Å². The van der Waals surface area contributed by atoms with Crippen molar-refractivity contribution in [3.63, 3.8) is 0 Å². The second-order valence-corrected chi connectivity index (χ2v) is 6.07. The molecule has 0 fully saturated rings. The molecule has 1 aromatic carbocycles. The highest BCUT2D eigenvalue weighted by Crippen LogP contribution is 2.34. The normalized spacial score (nSPS) is 13.4. The molecule has 0 radical (unpaired) electrons. The Balaban J connectivity index is 1.95. The number of hydrogen-bond acceptors (Lipinski definition) is 5. The van der Waals surface area contributed by atoms with E-state index in [-0.39, 0.29) is 11.9 Å². The predicted octanol–water partition coefficient (Wildman–Crippen LogP) is 1.60. The Bertz CT molecular complexity index is 991. The first kappa shape index (κ1) is 15.2. The van der Waals surface area contributed by atoms with Crippen LogP contribution >= 0.6 is 0 Å². The van der Waals surface area contributed by atoms with Gasteiger partial charge < -0.3 is 21.4 Å². The molecule has 2 aromatic heterocycles. The molecule has 126 valence electrons. The van der Waals surface area contributed by atoms with Crippen LogP contribution in [0.1, 0.15) is 16.1 Å². The standard InChI is InChI=1S/C18H18N6O/c1-24-14-5-6-21-17(25)12(14)8-15(24)16-13(9-22-18(20)23-16)10-3-2-4-11(19)7-10/h2-4,7-9H,5-6,19H2,1H3,(H,21,25)(H2,20,22,23). The number of carbonyl (C=O) groups is 1. The minimum Gasteiger partial charge on any atom is -0.399 e. The molecule has 3 aromatic rings. The Morgan fingerprint density at radius 2 is 2.04 bits per heavy atom. The molecule has 3 heterocycles. The molecule has 0 saturated carbocycles. The van der Waals surface area contributed by atoms with Gasteiger partial charge in [-0.3, -0.25) is 4.79 Å². The number of carbonyl (C=O) groups excluding carboxylic acids is 1. The van der Waals surface area contributed by atoms with Crippen molar-refractivity contribution in [2.24, 2.45) is 7.05 Å². The Labute approximate surface area is 144 Å². The fourth-order valence-corrected chi connectivity index (χ4v) is 3.27. The second kappa shape index (κ2) is 5.62. The van der Waals surface area contributed by atoms with E-state index >= 15 is 0 Å². The SMILES string of the molecule is Cn1c(-c2nc(N)ncc2-c2cccc(N)c2)cc2c1CCNC2=O. The van der Waals surface area contributed by atoms with Gasteiger partial charge in [-0.25, -0.2) is 9.97 Å². The van der Waals surface area contributed by atoms with Gasteiger partial charge >= 0.3 is 0 Å². The van der Waals surface area contributed by atoms with Crippen molar-refractivity contribution >= 4 is 17.5 Å². The molecule has 0 aliphatic carbocycles. The Morgan fingerprint density at radius 1 is 1.20 bits per heavy atom. The molecule has 0 atom stereocenters. The molecule has 25 heavy (non-hydrogen) atoms. The maximum atomic E-state index is 12.2. The van der Waals surface area contributed by atoms with Crippen molar-refractivity contribution in [2.45, 2.75) is 6.42 Å². The third kappa shape index (κ3) is 2.50. The quantitative estimate of drug-likeness (QED) is 0.616. The zero-order valence-corrected chi connectivity index (χ0v) is 13.8. The number of benzene rings is 1. The first-order valence-corrected chi connectivity index (χ1v) is 8.00.